The first-order chi connectivity index (χ1) is 15.1. The number of hydrogen-bond acceptors (Lipinski definition) is 15. The van der Waals surface area contributed by atoms with Crippen LogP contribution < -0.4 is 0 Å². The van der Waals surface area contributed by atoms with E-state index in [4.69, 9.17) is 23.7 Å². The van der Waals surface area contributed by atoms with Crippen molar-refractivity contribution < 1.29 is 74.7 Å². The molecule has 3 fully saturated rings. The van der Waals surface area contributed by atoms with E-state index in [-0.39, 0.29) is 6.61 Å². The van der Waals surface area contributed by atoms with Gasteiger partial charge in [-0.25, -0.2) is 0 Å². The van der Waals surface area contributed by atoms with Gasteiger partial charge in [0.25, 0.3) is 0 Å². The minimum Gasteiger partial charge on any atom is -0.394 e. The summed E-state index contributed by atoms with van der Waals surface area (Å²) in [4.78, 5) is 0. The van der Waals surface area contributed by atoms with Crippen LogP contribution in [-0.4, -0.2) is 157 Å². The molecular weight excluding hydrogens is 444 g/mol. The molecule has 0 aliphatic carbocycles. The first-order valence-electron chi connectivity index (χ1n) is 10.00. The molecule has 0 spiro atoms. The molecule has 15 heteroatoms. The summed E-state index contributed by atoms with van der Waals surface area (Å²) in [5.41, 5.74) is 0. The molecule has 3 aliphatic heterocycles. The van der Waals surface area contributed by atoms with Gasteiger partial charge in [-0.15, -0.1) is 0 Å². The Morgan fingerprint density at radius 2 is 1.16 bits per heavy atom. The van der Waals surface area contributed by atoms with Gasteiger partial charge in [-0.1, -0.05) is 0 Å². The summed E-state index contributed by atoms with van der Waals surface area (Å²) < 4.78 is 26.2. The fraction of sp³-hybridized carbons (Fsp3) is 1.00. The van der Waals surface area contributed by atoms with Crippen LogP contribution in [0.5, 0.6) is 0 Å². The molecule has 0 aromatic carbocycles. The predicted molar refractivity (Wildman–Crippen MR) is 95.2 cm³/mol. The first kappa shape index (κ1) is 26.0. The zero-order chi connectivity index (χ0) is 23.7. The van der Waals surface area contributed by atoms with Gasteiger partial charge in [-0.05, 0) is 0 Å². The molecule has 14 atom stereocenters. The van der Waals surface area contributed by atoms with E-state index < -0.39 is 99.2 Å². The SMILES string of the molecule is OC[C@H]1O[C@H](O[C@H]2[C@H](O)[C@@H](O)[C@@H](O[C@@H]3COC(O)[C@H](O)[C@H]3O)O[C@@H]2CO)[C@H](O)[C@@H](O)[C@@H]1O. The Hall–Kier alpha value is -0.600. The lowest BCUT2D eigenvalue weighted by molar-refractivity contribution is -0.371. The van der Waals surface area contributed by atoms with Crippen LogP contribution in [0, 0.1) is 0 Å². The van der Waals surface area contributed by atoms with Crippen LogP contribution in [0.25, 0.3) is 0 Å². The van der Waals surface area contributed by atoms with Crippen molar-refractivity contribution in [2.24, 2.45) is 0 Å². The first-order valence-corrected chi connectivity index (χ1v) is 10.00. The lowest BCUT2D eigenvalue weighted by Crippen LogP contribution is -2.65. The van der Waals surface area contributed by atoms with Gasteiger partial charge < -0.3 is 74.7 Å². The minimum absolute atomic E-state index is 0.378. The van der Waals surface area contributed by atoms with Gasteiger partial charge in [-0.2, -0.15) is 0 Å². The zero-order valence-electron chi connectivity index (χ0n) is 16.7. The molecule has 0 aromatic heterocycles. The van der Waals surface area contributed by atoms with Crippen LogP contribution in [0.4, 0.5) is 0 Å². The third kappa shape index (κ3) is 5.07. The standard InChI is InChI=1S/C17H30O15/c18-1-4-7(20)9(22)12(25)17(29-4)32-14-5(2-19)30-16(13(26)10(14)23)31-6-3-28-15(27)11(24)8(6)21/h4-27H,1-3H2/t4-,5-,6-,7-,8+,9+,10-,11-,12-,13-,14-,15?,16-,17-/m1/s1. The number of aliphatic hydroxyl groups is 10. The van der Waals surface area contributed by atoms with Gasteiger partial charge >= 0.3 is 0 Å². The molecule has 0 radical (unpaired) electrons. The molecule has 0 bridgehead atoms. The highest BCUT2D eigenvalue weighted by atomic mass is 16.7. The van der Waals surface area contributed by atoms with Gasteiger partial charge in [0.15, 0.2) is 18.9 Å². The van der Waals surface area contributed by atoms with Crippen molar-refractivity contribution in [3.63, 3.8) is 0 Å². The molecule has 0 saturated carbocycles. The highest BCUT2D eigenvalue weighted by Gasteiger charge is 2.52. The van der Waals surface area contributed by atoms with Crippen LogP contribution in [-0.2, 0) is 23.7 Å². The van der Waals surface area contributed by atoms with Crippen LogP contribution in [0.15, 0.2) is 0 Å². The maximum atomic E-state index is 10.5. The second-order valence-corrected chi connectivity index (χ2v) is 7.88. The van der Waals surface area contributed by atoms with Crippen molar-refractivity contribution in [1.29, 1.82) is 0 Å². The lowest BCUT2D eigenvalue weighted by Gasteiger charge is -2.47. The van der Waals surface area contributed by atoms with E-state index >= 15 is 0 Å². The van der Waals surface area contributed by atoms with Crippen LogP contribution in [0.3, 0.4) is 0 Å². The molecule has 0 aromatic rings. The van der Waals surface area contributed by atoms with Crippen molar-refractivity contribution >= 4 is 0 Å². The molecule has 15 nitrogen and oxygen atoms in total. The Kier molecular flexibility index (Phi) is 8.75. The lowest BCUT2D eigenvalue weighted by atomic mass is 9.97. The Balaban J connectivity index is 1.67. The molecule has 32 heavy (non-hydrogen) atoms. The van der Waals surface area contributed by atoms with E-state index in [1.807, 2.05) is 0 Å². The molecule has 3 saturated heterocycles. The van der Waals surface area contributed by atoms with Crippen molar-refractivity contribution in [2.75, 3.05) is 19.8 Å². The van der Waals surface area contributed by atoms with E-state index in [1.54, 1.807) is 0 Å². The topological polar surface area (TPSA) is 248 Å². The van der Waals surface area contributed by atoms with E-state index in [9.17, 15) is 51.1 Å². The zero-order valence-corrected chi connectivity index (χ0v) is 16.7. The third-order valence-electron chi connectivity index (χ3n) is 5.72. The summed E-state index contributed by atoms with van der Waals surface area (Å²) in [6, 6.07) is 0. The van der Waals surface area contributed by atoms with E-state index in [1.165, 1.54) is 0 Å². The van der Waals surface area contributed by atoms with Crippen molar-refractivity contribution in [1.82, 2.24) is 0 Å². The summed E-state index contributed by atoms with van der Waals surface area (Å²) in [5.74, 6) is 0. The van der Waals surface area contributed by atoms with Gasteiger partial charge in [-0.3, -0.25) is 0 Å². The van der Waals surface area contributed by atoms with Gasteiger partial charge in [0.05, 0.1) is 19.8 Å². The van der Waals surface area contributed by atoms with Gasteiger partial charge in [0.2, 0.25) is 0 Å². The highest BCUT2D eigenvalue weighted by Crippen LogP contribution is 2.30. The summed E-state index contributed by atoms with van der Waals surface area (Å²) in [5, 5.41) is 98.8. The molecule has 3 rings (SSSR count). The number of rotatable bonds is 6. The number of ether oxygens (including phenoxy) is 5. The summed E-state index contributed by atoms with van der Waals surface area (Å²) in [7, 11) is 0. The van der Waals surface area contributed by atoms with Gasteiger partial charge in [0, 0.05) is 0 Å². The molecule has 0 amide bonds. The molecule has 188 valence electrons. The van der Waals surface area contributed by atoms with E-state index in [0.717, 1.165) is 0 Å². The van der Waals surface area contributed by atoms with Gasteiger partial charge in [0.1, 0.15) is 67.1 Å². The van der Waals surface area contributed by atoms with Crippen LogP contribution in [0.1, 0.15) is 0 Å². The Morgan fingerprint density at radius 1 is 0.594 bits per heavy atom. The average Bonchev–Trinajstić information content (AvgIpc) is 2.78. The quantitative estimate of drug-likeness (QED) is 0.172. The van der Waals surface area contributed by atoms with E-state index in [2.05, 4.69) is 0 Å². The maximum Gasteiger partial charge on any atom is 0.187 e. The number of hydrogen-bond donors (Lipinski definition) is 10. The predicted octanol–water partition coefficient (Wildman–Crippen LogP) is -6.93. The molecule has 3 aliphatic rings. The van der Waals surface area contributed by atoms with E-state index in [0.29, 0.717) is 0 Å². The molecular formula is C17H30O15. The number of aliphatic hydroxyl groups excluding tert-OH is 10. The normalized spacial score (nSPS) is 52.7. The maximum absolute atomic E-state index is 10.5. The second-order valence-electron chi connectivity index (χ2n) is 7.88. The molecule has 3 heterocycles. The Labute approximate surface area is 181 Å². The largest absolute Gasteiger partial charge is 0.394 e. The summed E-state index contributed by atoms with van der Waals surface area (Å²) in [6.45, 7) is -1.86. The van der Waals surface area contributed by atoms with Crippen molar-refractivity contribution in [3.8, 4) is 0 Å². The van der Waals surface area contributed by atoms with Crippen molar-refractivity contribution in [2.45, 2.75) is 86.0 Å². The molecule has 1 unspecified atom stereocenters. The van der Waals surface area contributed by atoms with Crippen molar-refractivity contribution in [3.05, 3.63) is 0 Å². The van der Waals surface area contributed by atoms with Crippen LogP contribution in [0.2, 0.25) is 0 Å². The monoisotopic (exact) mass is 474 g/mol. The molecule has 10 N–H and O–H groups in total. The fourth-order valence-electron chi connectivity index (χ4n) is 3.74. The summed E-state index contributed by atoms with van der Waals surface area (Å²) >= 11 is 0. The summed E-state index contributed by atoms with van der Waals surface area (Å²) in [6.07, 6.45) is -22.5. The Morgan fingerprint density at radius 3 is 1.78 bits per heavy atom. The second kappa shape index (κ2) is 10.8. The fourth-order valence-corrected chi connectivity index (χ4v) is 3.74. The van der Waals surface area contributed by atoms with Crippen LogP contribution >= 0.6 is 0 Å². The highest BCUT2D eigenvalue weighted by molar-refractivity contribution is 4.95. The minimum atomic E-state index is -1.82. The Bertz CT molecular complexity index is 592. The average molecular weight is 474 g/mol. The smallest absolute Gasteiger partial charge is 0.187 e. The third-order valence-corrected chi connectivity index (χ3v) is 5.72.